The van der Waals surface area contributed by atoms with Crippen LogP contribution < -0.4 is 4.90 Å². The van der Waals surface area contributed by atoms with Gasteiger partial charge in [-0.2, -0.15) is 0 Å². The van der Waals surface area contributed by atoms with Crippen molar-refractivity contribution in [3.05, 3.63) is 29.8 Å². The average molecular weight is 332 g/mol. The number of benzene rings is 1. The highest BCUT2D eigenvalue weighted by Crippen LogP contribution is 2.19. The van der Waals surface area contributed by atoms with E-state index in [4.69, 9.17) is 0 Å². The predicted molar refractivity (Wildman–Crippen MR) is 106 cm³/mol. The summed E-state index contributed by atoms with van der Waals surface area (Å²) < 4.78 is 0. The Bertz CT molecular complexity index is 458. The summed E-state index contributed by atoms with van der Waals surface area (Å²) in [5.41, 5.74) is 2.80. The number of nitrogens with zero attached hydrogens (tertiary/aromatic N) is 3. The van der Waals surface area contributed by atoms with Gasteiger partial charge in [0.25, 0.3) is 0 Å². The van der Waals surface area contributed by atoms with E-state index in [1.54, 1.807) is 0 Å². The van der Waals surface area contributed by atoms with Crippen molar-refractivity contribution in [1.82, 2.24) is 9.80 Å². The highest BCUT2D eigenvalue weighted by atomic mass is 15.3. The molecule has 1 fully saturated rings. The van der Waals surface area contributed by atoms with Gasteiger partial charge in [0.15, 0.2) is 0 Å². The first-order valence-electron chi connectivity index (χ1n) is 9.72. The maximum atomic E-state index is 2.57. The first-order chi connectivity index (χ1) is 11.5. The zero-order valence-corrected chi connectivity index (χ0v) is 16.5. The molecule has 0 radical (unpaired) electrons. The maximum absolute atomic E-state index is 2.57. The molecule has 0 aromatic heterocycles. The van der Waals surface area contributed by atoms with Gasteiger partial charge < -0.3 is 9.80 Å². The SMILES string of the molecule is CC(C)CCCN(C)Cc1ccc(N2CCN(C(C)C)CC2)cc1. The van der Waals surface area contributed by atoms with Gasteiger partial charge >= 0.3 is 0 Å². The molecule has 3 heteroatoms. The monoisotopic (exact) mass is 331 g/mol. The lowest BCUT2D eigenvalue weighted by molar-refractivity contribution is 0.209. The van der Waals surface area contributed by atoms with Crippen LogP contribution in [-0.2, 0) is 6.54 Å². The minimum Gasteiger partial charge on any atom is -0.369 e. The van der Waals surface area contributed by atoms with Crippen LogP contribution in [0.3, 0.4) is 0 Å². The topological polar surface area (TPSA) is 9.72 Å². The second-order valence-corrected chi connectivity index (χ2v) is 8.06. The number of hydrogen-bond donors (Lipinski definition) is 0. The fraction of sp³-hybridized carbons (Fsp3) is 0.714. The Kier molecular flexibility index (Phi) is 7.57. The van der Waals surface area contributed by atoms with Crippen LogP contribution in [0.4, 0.5) is 5.69 Å². The Labute approximate surface area is 149 Å². The molecule has 0 unspecified atom stereocenters. The lowest BCUT2D eigenvalue weighted by Gasteiger charge is -2.38. The molecule has 1 aromatic carbocycles. The van der Waals surface area contributed by atoms with Crippen LogP contribution in [0.1, 0.15) is 46.1 Å². The van der Waals surface area contributed by atoms with E-state index in [0.717, 1.165) is 25.6 Å². The fourth-order valence-corrected chi connectivity index (χ4v) is 3.47. The molecule has 136 valence electrons. The fourth-order valence-electron chi connectivity index (χ4n) is 3.47. The van der Waals surface area contributed by atoms with Gasteiger partial charge in [0.1, 0.15) is 0 Å². The zero-order chi connectivity index (χ0) is 17.5. The third-order valence-electron chi connectivity index (χ3n) is 5.12. The van der Waals surface area contributed by atoms with Gasteiger partial charge in [-0.3, -0.25) is 4.90 Å². The van der Waals surface area contributed by atoms with Gasteiger partial charge in [0.05, 0.1) is 0 Å². The second kappa shape index (κ2) is 9.43. The molecule has 0 spiro atoms. The first kappa shape index (κ1) is 19.3. The molecule has 0 N–H and O–H groups in total. The van der Waals surface area contributed by atoms with Crippen LogP contribution in [0, 0.1) is 5.92 Å². The summed E-state index contributed by atoms with van der Waals surface area (Å²) in [5, 5.41) is 0. The molecule has 0 amide bonds. The number of rotatable bonds is 8. The van der Waals surface area contributed by atoms with Gasteiger partial charge in [0.2, 0.25) is 0 Å². The minimum atomic E-state index is 0.667. The molecule has 0 bridgehead atoms. The Balaban J connectivity index is 1.78. The minimum absolute atomic E-state index is 0.667. The van der Waals surface area contributed by atoms with Gasteiger partial charge in [-0.1, -0.05) is 26.0 Å². The summed E-state index contributed by atoms with van der Waals surface area (Å²) in [7, 11) is 2.24. The molecule has 0 aliphatic carbocycles. The molecule has 1 aliphatic rings. The third kappa shape index (κ3) is 6.10. The second-order valence-electron chi connectivity index (χ2n) is 8.06. The van der Waals surface area contributed by atoms with E-state index in [2.05, 4.69) is 73.7 Å². The van der Waals surface area contributed by atoms with Crippen molar-refractivity contribution in [2.75, 3.05) is 44.7 Å². The van der Waals surface area contributed by atoms with Gasteiger partial charge in [-0.15, -0.1) is 0 Å². The molecular weight excluding hydrogens is 294 g/mol. The van der Waals surface area contributed by atoms with E-state index in [-0.39, 0.29) is 0 Å². The molecule has 0 atom stereocenters. The van der Waals surface area contributed by atoms with Gasteiger partial charge in [-0.25, -0.2) is 0 Å². The summed E-state index contributed by atoms with van der Waals surface area (Å²) in [4.78, 5) is 7.53. The molecule has 1 aromatic rings. The van der Waals surface area contributed by atoms with Crippen molar-refractivity contribution in [1.29, 1.82) is 0 Å². The van der Waals surface area contributed by atoms with Crippen molar-refractivity contribution in [3.63, 3.8) is 0 Å². The van der Waals surface area contributed by atoms with E-state index < -0.39 is 0 Å². The molecule has 3 nitrogen and oxygen atoms in total. The summed E-state index contributed by atoms with van der Waals surface area (Å²) in [6.45, 7) is 16.1. The van der Waals surface area contributed by atoms with Gasteiger partial charge in [0, 0.05) is 44.5 Å². The number of anilines is 1. The van der Waals surface area contributed by atoms with Crippen molar-refractivity contribution >= 4 is 5.69 Å². The first-order valence-corrected chi connectivity index (χ1v) is 9.72. The van der Waals surface area contributed by atoms with Crippen LogP contribution >= 0.6 is 0 Å². The Morgan fingerprint density at radius 3 is 2.12 bits per heavy atom. The Morgan fingerprint density at radius 2 is 1.58 bits per heavy atom. The summed E-state index contributed by atoms with van der Waals surface area (Å²) in [6, 6.07) is 9.90. The smallest absolute Gasteiger partial charge is 0.0367 e. The lowest BCUT2D eigenvalue weighted by atomic mass is 10.1. The normalized spacial score (nSPS) is 16.6. The number of piperazine rings is 1. The van der Waals surface area contributed by atoms with Crippen molar-refractivity contribution in [2.45, 2.75) is 53.1 Å². The van der Waals surface area contributed by atoms with Crippen molar-refractivity contribution < 1.29 is 0 Å². The quantitative estimate of drug-likeness (QED) is 0.710. The predicted octanol–water partition coefficient (Wildman–Crippen LogP) is 4.09. The molecular formula is C21H37N3. The molecule has 0 saturated carbocycles. The lowest BCUT2D eigenvalue weighted by Crippen LogP contribution is -2.48. The van der Waals surface area contributed by atoms with Crippen LogP contribution in [0.15, 0.2) is 24.3 Å². The standard InChI is InChI=1S/C21H37N3/c1-18(2)7-6-12-22(5)17-20-8-10-21(11-9-20)24-15-13-23(14-16-24)19(3)4/h8-11,18-19H,6-7,12-17H2,1-5H3. The molecule has 1 saturated heterocycles. The molecule has 24 heavy (non-hydrogen) atoms. The van der Waals surface area contributed by atoms with E-state index in [9.17, 15) is 0 Å². The van der Waals surface area contributed by atoms with E-state index in [1.165, 1.54) is 43.7 Å². The maximum Gasteiger partial charge on any atom is 0.0367 e. The van der Waals surface area contributed by atoms with Crippen LogP contribution in [0.25, 0.3) is 0 Å². The molecule has 1 heterocycles. The summed E-state index contributed by atoms with van der Waals surface area (Å²) in [6.07, 6.45) is 2.62. The van der Waals surface area contributed by atoms with E-state index in [0.29, 0.717) is 6.04 Å². The average Bonchev–Trinajstić information content (AvgIpc) is 2.55. The van der Waals surface area contributed by atoms with Crippen LogP contribution in [0.2, 0.25) is 0 Å². The molecule has 2 rings (SSSR count). The van der Waals surface area contributed by atoms with Crippen molar-refractivity contribution in [2.24, 2.45) is 5.92 Å². The van der Waals surface area contributed by atoms with E-state index >= 15 is 0 Å². The van der Waals surface area contributed by atoms with E-state index in [1.807, 2.05) is 0 Å². The number of hydrogen-bond acceptors (Lipinski definition) is 3. The van der Waals surface area contributed by atoms with Gasteiger partial charge in [-0.05, 0) is 63.9 Å². The summed E-state index contributed by atoms with van der Waals surface area (Å²) in [5.74, 6) is 0.814. The Morgan fingerprint density at radius 1 is 0.958 bits per heavy atom. The zero-order valence-electron chi connectivity index (χ0n) is 16.5. The Hall–Kier alpha value is -1.06. The van der Waals surface area contributed by atoms with Crippen molar-refractivity contribution in [3.8, 4) is 0 Å². The van der Waals surface area contributed by atoms with Crippen LogP contribution in [0.5, 0.6) is 0 Å². The third-order valence-corrected chi connectivity index (χ3v) is 5.12. The highest BCUT2D eigenvalue weighted by molar-refractivity contribution is 5.48. The summed E-state index contributed by atoms with van der Waals surface area (Å²) >= 11 is 0. The highest BCUT2D eigenvalue weighted by Gasteiger charge is 2.18. The molecule has 1 aliphatic heterocycles. The van der Waals surface area contributed by atoms with Crippen LogP contribution in [-0.4, -0.2) is 55.6 Å². The largest absolute Gasteiger partial charge is 0.369 e.